The monoisotopic (exact) mass is 317 g/mol. The number of nitrogens with one attached hydrogen (secondary N) is 2. The van der Waals surface area contributed by atoms with Gasteiger partial charge in [-0.15, -0.1) is 5.10 Å². The maximum absolute atomic E-state index is 6.15. The van der Waals surface area contributed by atoms with Crippen LogP contribution >= 0.6 is 11.6 Å². The lowest BCUT2D eigenvalue weighted by molar-refractivity contribution is 0.460. The number of anilines is 2. The number of rotatable bonds is 5. The summed E-state index contributed by atoms with van der Waals surface area (Å²) in [7, 11) is 0. The van der Waals surface area contributed by atoms with E-state index in [0.717, 1.165) is 10.6 Å². The van der Waals surface area contributed by atoms with E-state index in [1.54, 1.807) is 6.20 Å². The zero-order valence-corrected chi connectivity index (χ0v) is 13.2. The van der Waals surface area contributed by atoms with E-state index in [0.29, 0.717) is 24.4 Å². The molecule has 22 heavy (non-hydrogen) atoms. The Hall–Kier alpha value is -1.88. The quantitative estimate of drug-likeness (QED) is 0.876. The second-order valence-electron chi connectivity index (χ2n) is 5.59. The fraction of sp³-hybridized carbons (Fsp3) is 0.438. The van der Waals surface area contributed by atoms with E-state index in [4.69, 9.17) is 11.6 Å². The summed E-state index contributed by atoms with van der Waals surface area (Å²) in [6, 6.07) is 8.23. The molecule has 3 rings (SSSR count). The zero-order chi connectivity index (χ0) is 15.2. The highest BCUT2D eigenvalue weighted by Crippen LogP contribution is 2.20. The molecule has 5 nitrogen and oxygen atoms in total. The van der Waals surface area contributed by atoms with Crippen molar-refractivity contribution in [1.29, 1.82) is 0 Å². The van der Waals surface area contributed by atoms with Gasteiger partial charge in [0, 0.05) is 17.6 Å². The Morgan fingerprint density at radius 2 is 1.95 bits per heavy atom. The van der Waals surface area contributed by atoms with E-state index >= 15 is 0 Å². The molecule has 1 aliphatic carbocycles. The summed E-state index contributed by atoms with van der Waals surface area (Å²) < 4.78 is 0. The minimum Gasteiger partial charge on any atom is -0.364 e. The summed E-state index contributed by atoms with van der Waals surface area (Å²) in [5.74, 6) is 1.30. The Morgan fingerprint density at radius 1 is 1.14 bits per heavy atom. The van der Waals surface area contributed by atoms with Crippen LogP contribution in [-0.4, -0.2) is 21.2 Å². The number of hydrogen-bond acceptors (Lipinski definition) is 5. The molecule has 2 aromatic rings. The van der Waals surface area contributed by atoms with Gasteiger partial charge >= 0.3 is 0 Å². The van der Waals surface area contributed by atoms with Gasteiger partial charge in [-0.25, -0.2) is 0 Å². The lowest BCUT2D eigenvalue weighted by Crippen LogP contribution is -2.23. The molecule has 0 saturated heterocycles. The lowest BCUT2D eigenvalue weighted by atomic mass is 9.96. The molecule has 0 atom stereocenters. The minimum atomic E-state index is 0.467. The average Bonchev–Trinajstić information content (AvgIpc) is 2.55. The third kappa shape index (κ3) is 4.07. The van der Waals surface area contributed by atoms with Crippen LogP contribution in [0.2, 0.25) is 5.02 Å². The molecule has 1 aromatic heterocycles. The van der Waals surface area contributed by atoms with Crippen molar-refractivity contribution in [3.8, 4) is 0 Å². The minimum absolute atomic E-state index is 0.467. The van der Waals surface area contributed by atoms with Crippen molar-refractivity contribution >= 4 is 23.4 Å². The maximum atomic E-state index is 6.15. The van der Waals surface area contributed by atoms with Gasteiger partial charge in [0.2, 0.25) is 5.95 Å². The lowest BCUT2D eigenvalue weighted by Gasteiger charge is -2.22. The molecule has 2 N–H and O–H groups in total. The summed E-state index contributed by atoms with van der Waals surface area (Å²) in [6.07, 6.45) is 7.87. The molecular weight excluding hydrogens is 298 g/mol. The summed E-state index contributed by atoms with van der Waals surface area (Å²) in [5, 5.41) is 15.5. The van der Waals surface area contributed by atoms with E-state index in [1.807, 2.05) is 24.3 Å². The molecule has 1 aromatic carbocycles. The summed E-state index contributed by atoms with van der Waals surface area (Å²) in [6.45, 7) is 0.612. The van der Waals surface area contributed by atoms with Crippen LogP contribution in [0.25, 0.3) is 0 Å². The third-order valence-corrected chi connectivity index (χ3v) is 4.28. The fourth-order valence-corrected chi connectivity index (χ4v) is 2.91. The summed E-state index contributed by atoms with van der Waals surface area (Å²) >= 11 is 6.15. The topological polar surface area (TPSA) is 62.7 Å². The van der Waals surface area contributed by atoms with Crippen molar-refractivity contribution < 1.29 is 0 Å². The van der Waals surface area contributed by atoms with Gasteiger partial charge in [0.15, 0.2) is 5.82 Å². The predicted octanol–water partition coefficient (Wildman–Crippen LogP) is 3.88. The molecule has 0 amide bonds. The normalized spacial score (nSPS) is 15.5. The second-order valence-corrected chi connectivity index (χ2v) is 6.00. The molecule has 0 spiro atoms. The SMILES string of the molecule is Clc1ccccc1CNc1cnnc(NC2CCCCC2)n1. The van der Waals surface area contributed by atoms with Gasteiger partial charge in [0.05, 0.1) is 6.20 Å². The molecule has 1 fully saturated rings. The molecule has 0 radical (unpaired) electrons. The van der Waals surface area contributed by atoms with Crippen molar-refractivity contribution in [3.63, 3.8) is 0 Å². The molecule has 0 aliphatic heterocycles. The Bertz CT molecular complexity index is 613. The Labute approximate surface area is 135 Å². The molecule has 1 aliphatic rings. The maximum Gasteiger partial charge on any atom is 0.244 e. The van der Waals surface area contributed by atoms with Crippen LogP contribution in [0.4, 0.5) is 11.8 Å². The van der Waals surface area contributed by atoms with Crippen LogP contribution in [0, 0.1) is 0 Å². The Kier molecular flexibility index (Phi) is 5.06. The van der Waals surface area contributed by atoms with Crippen LogP contribution in [0.15, 0.2) is 30.5 Å². The molecule has 0 unspecified atom stereocenters. The number of benzene rings is 1. The first-order chi connectivity index (χ1) is 10.8. The van der Waals surface area contributed by atoms with Gasteiger partial charge < -0.3 is 10.6 Å². The van der Waals surface area contributed by atoms with E-state index in [2.05, 4.69) is 25.8 Å². The van der Waals surface area contributed by atoms with Gasteiger partial charge in [-0.2, -0.15) is 10.1 Å². The van der Waals surface area contributed by atoms with Crippen molar-refractivity contribution in [2.24, 2.45) is 0 Å². The smallest absolute Gasteiger partial charge is 0.244 e. The standard InChI is InChI=1S/C16H20ClN5/c17-14-9-5-4-6-12(14)10-18-15-11-19-22-16(21-15)20-13-7-2-1-3-8-13/h4-6,9,11,13H,1-3,7-8,10H2,(H2,18,20,21,22). The summed E-state index contributed by atoms with van der Waals surface area (Å²) in [5.41, 5.74) is 1.03. The van der Waals surface area contributed by atoms with Gasteiger partial charge in [-0.3, -0.25) is 0 Å². The number of halogens is 1. The molecule has 6 heteroatoms. The fourth-order valence-electron chi connectivity index (χ4n) is 2.71. The van der Waals surface area contributed by atoms with E-state index in [9.17, 15) is 0 Å². The van der Waals surface area contributed by atoms with Gasteiger partial charge in [-0.05, 0) is 24.5 Å². The first-order valence-electron chi connectivity index (χ1n) is 7.75. The highest BCUT2D eigenvalue weighted by molar-refractivity contribution is 6.31. The van der Waals surface area contributed by atoms with Crippen molar-refractivity contribution in [2.75, 3.05) is 10.6 Å². The van der Waals surface area contributed by atoms with Crippen LogP contribution in [0.3, 0.4) is 0 Å². The molecular formula is C16H20ClN5. The Balaban J connectivity index is 1.60. The third-order valence-electron chi connectivity index (χ3n) is 3.92. The van der Waals surface area contributed by atoms with Gasteiger partial charge in [0.25, 0.3) is 0 Å². The van der Waals surface area contributed by atoms with Crippen LogP contribution in [-0.2, 0) is 6.54 Å². The average molecular weight is 318 g/mol. The van der Waals surface area contributed by atoms with Gasteiger partial charge in [0.1, 0.15) is 0 Å². The van der Waals surface area contributed by atoms with Crippen LogP contribution < -0.4 is 10.6 Å². The van der Waals surface area contributed by atoms with E-state index in [-0.39, 0.29) is 0 Å². The largest absolute Gasteiger partial charge is 0.364 e. The van der Waals surface area contributed by atoms with Crippen LogP contribution in [0.1, 0.15) is 37.7 Å². The number of hydrogen-bond donors (Lipinski definition) is 2. The van der Waals surface area contributed by atoms with Crippen molar-refractivity contribution in [3.05, 3.63) is 41.0 Å². The highest BCUT2D eigenvalue weighted by Gasteiger charge is 2.14. The number of nitrogens with zero attached hydrogens (tertiary/aromatic N) is 3. The Morgan fingerprint density at radius 3 is 2.77 bits per heavy atom. The first kappa shape index (κ1) is 15.0. The highest BCUT2D eigenvalue weighted by atomic mass is 35.5. The molecule has 116 valence electrons. The van der Waals surface area contributed by atoms with E-state index in [1.165, 1.54) is 32.1 Å². The van der Waals surface area contributed by atoms with E-state index < -0.39 is 0 Å². The van der Waals surface area contributed by atoms with Crippen LogP contribution in [0.5, 0.6) is 0 Å². The zero-order valence-electron chi connectivity index (χ0n) is 12.4. The van der Waals surface area contributed by atoms with Crippen molar-refractivity contribution in [1.82, 2.24) is 15.2 Å². The first-order valence-corrected chi connectivity index (χ1v) is 8.12. The summed E-state index contributed by atoms with van der Waals surface area (Å²) in [4.78, 5) is 4.47. The molecule has 0 bridgehead atoms. The molecule has 1 saturated carbocycles. The predicted molar refractivity (Wildman–Crippen MR) is 89.1 cm³/mol. The number of aromatic nitrogens is 3. The molecule has 1 heterocycles. The second kappa shape index (κ2) is 7.40. The van der Waals surface area contributed by atoms with Gasteiger partial charge in [-0.1, -0.05) is 49.1 Å². The van der Waals surface area contributed by atoms with Crippen molar-refractivity contribution in [2.45, 2.75) is 44.7 Å².